The van der Waals surface area contributed by atoms with Crippen molar-refractivity contribution in [3.8, 4) is 11.5 Å². The van der Waals surface area contributed by atoms with E-state index in [4.69, 9.17) is 21.1 Å². The second kappa shape index (κ2) is 9.59. The molecular formula is C19H20BrClN2O3. The molecule has 26 heavy (non-hydrogen) atoms. The van der Waals surface area contributed by atoms with Crippen LogP contribution in [0.4, 0.5) is 0 Å². The lowest BCUT2D eigenvalue weighted by atomic mass is 10.1. The maximum absolute atomic E-state index is 12.2. The van der Waals surface area contributed by atoms with Gasteiger partial charge < -0.3 is 9.47 Å². The lowest BCUT2D eigenvalue weighted by Crippen LogP contribution is -2.18. The summed E-state index contributed by atoms with van der Waals surface area (Å²) in [6.07, 6.45) is 1.53. The number of hydrogen-bond acceptors (Lipinski definition) is 4. The van der Waals surface area contributed by atoms with E-state index in [-0.39, 0.29) is 5.91 Å². The summed E-state index contributed by atoms with van der Waals surface area (Å²) in [6.45, 7) is 6.75. The minimum absolute atomic E-state index is 0.372. The third-order valence-corrected chi connectivity index (χ3v) is 4.27. The van der Waals surface area contributed by atoms with E-state index in [0.717, 1.165) is 15.6 Å². The monoisotopic (exact) mass is 438 g/mol. The van der Waals surface area contributed by atoms with E-state index >= 15 is 0 Å². The quantitative estimate of drug-likeness (QED) is 0.489. The summed E-state index contributed by atoms with van der Waals surface area (Å²) in [5.74, 6) is 0.876. The Labute approximate surface area is 166 Å². The molecule has 0 unspecified atom stereocenters. The van der Waals surface area contributed by atoms with Crippen LogP contribution in [0.3, 0.4) is 0 Å². The van der Waals surface area contributed by atoms with Gasteiger partial charge in [-0.1, -0.05) is 17.7 Å². The molecule has 0 aromatic heterocycles. The van der Waals surface area contributed by atoms with Crippen molar-refractivity contribution in [1.29, 1.82) is 0 Å². The van der Waals surface area contributed by atoms with E-state index in [1.165, 1.54) is 6.21 Å². The van der Waals surface area contributed by atoms with Crippen LogP contribution < -0.4 is 14.9 Å². The zero-order valence-corrected chi connectivity index (χ0v) is 17.1. The van der Waals surface area contributed by atoms with Crippen LogP contribution in [-0.4, -0.2) is 25.3 Å². The molecule has 0 bridgehead atoms. The topological polar surface area (TPSA) is 59.9 Å². The van der Waals surface area contributed by atoms with Gasteiger partial charge in [-0.05, 0) is 72.1 Å². The molecule has 0 saturated heterocycles. The number of hydrazone groups is 1. The van der Waals surface area contributed by atoms with Crippen LogP contribution in [0.15, 0.2) is 39.9 Å². The average molecular weight is 440 g/mol. The van der Waals surface area contributed by atoms with Gasteiger partial charge in [0.15, 0.2) is 11.5 Å². The summed E-state index contributed by atoms with van der Waals surface area (Å²) in [5, 5.41) is 4.39. The third-order valence-electron chi connectivity index (χ3n) is 3.37. The van der Waals surface area contributed by atoms with Crippen LogP contribution >= 0.6 is 27.5 Å². The summed E-state index contributed by atoms with van der Waals surface area (Å²) in [7, 11) is 0. The lowest BCUT2D eigenvalue weighted by molar-refractivity contribution is 0.0955. The third kappa shape index (κ3) is 5.22. The van der Waals surface area contributed by atoms with Gasteiger partial charge in [0, 0.05) is 0 Å². The summed E-state index contributed by atoms with van der Waals surface area (Å²) in [6, 6.07) is 8.86. The van der Waals surface area contributed by atoms with Crippen molar-refractivity contribution in [3.63, 3.8) is 0 Å². The maximum atomic E-state index is 12.2. The van der Waals surface area contributed by atoms with Crippen molar-refractivity contribution in [1.82, 2.24) is 5.43 Å². The van der Waals surface area contributed by atoms with Gasteiger partial charge in [0.2, 0.25) is 0 Å². The van der Waals surface area contributed by atoms with Crippen molar-refractivity contribution in [2.75, 3.05) is 13.2 Å². The Morgan fingerprint density at radius 3 is 2.62 bits per heavy atom. The number of ether oxygens (including phenoxy) is 2. The summed E-state index contributed by atoms with van der Waals surface area (Å²) in [5.41, 5.74) is 4.58. The number of hydrogen-bond donors (Lipinski definition) is 1. The molecule has 0 spiro atoms. The van der Waals surface area contributed by atoms with E-state index in [1.807, 2.05) is 32.9 Å². The molecule has 0 atom stereocenters. The van der Waals surface area contributed by atoms with Crippen LogP contribution in [0.5, 0.6) is 11.5 Å². The first-order valence-corrected chi connectivity index (χ1v) is 9.32. The molecule has 2 aromatic rings. The normalized spacial score (nSPS) is 10.8. The standard InChI is InChI=1S/C19H20BrClN2O3/c1-4-25-17-10-13(9-15(20)18(17)26-5-2)11-22-23-19(24)14-7-6-12(3)8-16(14)21/h6-11H,4-5H2,1-3H3,(H,23,24)/b22-11-. The van der Waals surface area contributed by atoms with Gasteiger partial charge in [-0.3, -0.25) is 4.79 Å². The van der Waals surface area contributed by atoms with Crippen LogP contribution in [-0.2, 0) is 0 Å². The first kappa shape index (κ1) is 20.3. The van der Waals surface area contributed by atoms with Crippen LogP contribution in [0, 0.1) is 6.92 Å². The molecule has 0 heterocycles. The SMILES string of the molecule is CCOc1cc(/C=N\NC(=O)c2ccc(C)cc2Cl)cc(Br)c1OCC. The molecule has 1 N–H and O–H groups in total. The lowest BCUT2D eigenvalue weighted by Gasteiger charge is -2.13. The largest absolute Gasteiger partial charge is 0.490 e. The van der Waals surface area contributed by atoms with Gasteiger partial charge in [-0.25, -0.2) is 5.43 Å². The van der Waals surface area contributed by atoms with Crippen molar-refractivity contribution >= 4 is 39.7 Å². The highest BCUT2D eigenvalue weighted by atomic mass is 79.9. The molecule has 2 rings (SSSR count). The Morgan fingerprint density at radius 2 is 1.96 bits per heavy atom. The number of halogens is 2. The Morgan fingerprint density at radius 1 is 1.23 bits per heavy atom. The number of nitrogens with zero attached hydrogens (tertiary/aromatic N) is 1. The van der Waals surface area contributed by atoms with Gasteiger partial charge in [0.25, 0.3) is 5.91 Å². The van der Waals surface area contributed by atoms with Crippen molar-refractivity contribution in [3.05, 3.63) is 56.5 Å². The smallest absolute Gasteiger partial charge is 0.272 e. The Hall–Kier alpha value is -2.05. The molecule has 1 amide bonds. The molecule has 2 aromatic carbocycles. The van der Waals surface area contributed by atoms with Gasteiger partial charge >= 0.3 is 0 Å². The molecule has 0 radical (unpaired) electrons. The van der Waals surface area contributed by atoms with E-state index in [9.17, 15) is 4.79 Å². The fraction of sp³-hybridized carbons (Fsp3) is 0.263. The molecule has 0 aliphatic rings. The van der Waals surface area contributed by atoms with Crippen LogP contribution in [0.2, 0.25) is 5.02 Å². The van der Waals surface area contributed by atoms with Crippen LogP contribution in [0.1, 0.15) is 35.3 Å². The number of amides is 1. The fourth-order valence-electron chi connectivity index (χ4n) is 2.24. The van der Waals surface area contributed by atoms with Gasteiger partial charge in [-0.15, -0.1) is 0 Å². The molecular weight excluding hydrogens is 420 g/mol. The highest BCUT2D eigenvalue weighted by molar-refractivity contribution is 9.10. The molecule has 7 heteroatoms. The molecule has 0 fully saturated rings. The van der Waals surface area contributed by atoms with Crippen molar-refractivity contribution < 1.29 is 14.3 Å². The minimum atomic E-state index is -0.374. The van der Waals surface area contributed by atoms with Gasteiger partial charge in [0.05, 0.1) is 34.5 Å². The molecule has 0 aliphatic carbocycles. The summed E-state index contributed by atoms with van der Waals surface area (Å²) < 4.78 is 12.0. The first-order valence-electron chi connectivity index (χ1n) is 8.15. The Kier molecular flexibility index (Phi) is 7.48. The van der Waals surface area contributed by atoms with Gasteiger partial charge in [0.1, 0.15) is 0 Å². The number of rotatable bonds is 7. The highest BCUT2D eigenvalue weighted by Crippen LogP contribution is 2.36. The molecule has 0 saturated carbocycles. The molecule has 5 nitrogen and oxygen atoms in total. The molecule has 0 aliphatic heterocycles. The fourth-order valence-corrected chi connectivity index (χ4v) is 3.13. The summed E-state index contributed by atoms with van der Waals surface area (Å²) in [4.78, 5) is 12.2. The van der Waals surface area contributed by atoms with Crippen LogP contribution in [0.25, 0.3) is 0 Å². The van der Waals surface area contributed by atoms with E-state index in [0.29, 0.717) is 35.3 Å². The molecule has 138 valence electrons. The first-order chi connectivity index (χ1) is 12.5. The zero-order chi connectivity index (χ0) is 19.1. The van der Waals surface area contributed by atoms with E-state index < -0.39 is 0 Å². The Balaban J connectivity index is 2.15. The second-order valence-electron chi connectivity index (χ2n) is 5.38. The van der Waals surface area contributed by atoms with E-state index in [1.54, 1.807) is 18.2 Å². The average Bonchev–Trinajstić information content (AvgIpc) is 2.58. The predicted octanol–water partition coefficient (Wildman–Crippen LogP) is 4.97. The maximum Gasteiger partial charge on any atom is 0.272 e. The predicted molar refractivity (Wildman–Crippen MR) is 108 cm³/mol. The number of benzene rings is 2. The van der Waals surface area contributed by atoms with Crippen molar-refractivity contribution in [2.45, 2.75) is 20.8 Å². The zero-order valence-electron chi connectivity index (χ0n) is 14.8. The van der Waals surface area contributed by atoms with Gasteiger partial charge in [-0.2, -0.15) is 5.10 Å². The van der Waals surface area contributed by atoms with Crippen molar-refractivity contribution in [2.24, 2.45) is 5.10 Å². The number of aryl methyl sites for hydroxylation is 1. The Bertz CT molecular complexity index is 825. The van der Waals surface area contributed by atoms with E-state index in [2.05, 4.69) is 26.5 Å². The second-order valence-corrected chi connectivity index (χ2v) is 6.64. The number of carbonyl (C=O) groups excluding carboxylic acids is 1. The number of nitrogens with one attached hydrogen (secondary N) is 1. The minimum Gasteiger partial charge on any atom is -0.490 e. The highest BCUT2D eigenvalue weighted by Gasteiger charge is 2.12. The summed E-state index contributed by atoms with van der Waals surface area (Å²) >= 11 is 9.57. The number of carbonyl (C=O) groups is 1.